The molecule has 26 heavy (non-hydrogen) atoms. The molecule has 2 N–H and O–H groups in total. The van der Waals surface area contributed by atoms with Crippen molar-refractivity contribution in [2.24, 2.45) is 11.3 Å². The zero-order chi connectivity index (χ0) is 18.1. The summed E-state index contributed by atoms with van der Waals surface area (Å²) >= 11 is 0. The fraction of sp³-hybridized carbons (Fsp3) is 0.600. The van der Waals surface area contributed by atoms with Crippen LogP contribution < -0.4 is 20.3 Å². The smallest absolute Gasteiger partial charge is 0.229 e. The van der Waals surface area contributed by atoms with Crippen molar-refractivity contribution in [1.82, 2.24) is 10.6 Å². The van der Waals surface area contributed by atoms with E-state index >= 15 is 0 Å². The first-order valence-electron chi connectivity index (χ1n) is 9.58. The third-order valence-corrected chi connectivity index (χ3v) is 6.32. The van der Waals surface area contributed by atoms with Gasteiger partial charge in [-0.05, 0) is 37.4 Å². The van der Waals surface area contributed by atoms with Crippen LogP contribution in [0.1, 0.15) is 32.1 Å². The van der Waals surface area contributed by atoms with Gasteiger partial charge in [-0.3, -0.25) is 9.59 Å². The van der Waals surface area contributed by atoms with E-state index in [0.717, 1.165) is 43.8 Å². The molecular formula is C20H27N3O3. The number of amides is 2. The van der Waals surface area contributed by atoms with E-state index in [4.69, 9.17) is 4.74 Å². The molecule has 2 saturated heterocycles. The molecule has 4 rings (SSSR count). The first-order chi connectivity index (χ1) is 12.6. The lowest BCUT2D eigenvalue weighted by Gasteiger charge is -2.37. The van der Waals surface area contributed by atoms with Crippen molar-refractivity contribution >= 4 is 17.5 Å². The third kappa shape index (κ3) is 2.96. The zero-order valence-electron chi connectivity index (χ0n) is 15.3. The van der Waals surface area contributed by atoms with Gasteiger partial charge in [-0.2, -0.15) is 0 Å². The van der Waals surface area contributed by atoms with Gasteiger partial charge in [0.05, 0.1) is 18.6 Å². The summed E-state index contributed by atoms with van der Waals surface area (Å²) < 4.78 is 5.25. The summed E-state index contributed by atoms with van der Waals surface area (Å²) in [5.74, 6) is 1.34. The molecule has 0 aromatic heterocycles. The quantitative estimate of drug-likeness (QED) is 0.860. The van der Waals surface area contributed by atoms with Crippen molar-refractivity contribution in [3.63, 3.8) is 0 Å². The van der Waals surface area contributed by atoms with Gasteiger partial charge in [0.1, 0.15) is 5.75 Å². The van der Waals surface area contributed by atoms with Gasteiger partial charge >= 0.3 is 0 Å². The Morgan fingerprint density at radius 2 is 2.27 bits per heavy atom. The highest BCUT2D eigenvalue weighted by Crippen LogP contribution is 2.44. The van der Waals surface area contributed by atoms with Crippen LogP contribution in [-0.2, 0) is 9.59 Å². The van der Waals surface area contributed by atoms with Crippen LogP contribution >= 0.6 is 0 Å². The lowest BCUT2D eigenvalue weighted by molar-refractivity contribution is -0.134. The molecule has 3 fully saturated rings. The second-order valence-corrected chi connectivity index (χ2v) is 7.81. The van der Waals surface area contributed by atoms with E-state index in [9.17, 15) is 9.59 Å². The molecule has 2 heterocycles. The second-order valence-electron chi connectivity index (χ2n) is 7.81. The molecule has 6 nitrogen and oxygen atoms in total. The second kappa shape index (κ2) is 6.91. The number of ether oxygens (including phenoxy) is 1. The lowest BCUT2D eigenvalue weighted by Crippen LogP contribution is -2.51. The average Bonchev–Trinajstić information content (AvgIpc) is 3.26. The SMILES string of the molecule is COc1cccc(N2CC(NC(=O)[C@@]34CCCC[C@H]3CNC4)CC2=O)c1. The molecular weight excluding hydrogens is 330 g/mol. The highest BCUT2D eigenvalue weighted by molar-refractivity contribution is 5.97. The van der Waals surface area contributed by atoms with Crippen LogP contribution in [-0.4, -0.2) is 44.6 Å². The lowest BCUT2D eigenvalue weighted by atomic mass is 9.67. The fourth-order valence-corrected chi connectivity index (χ4v) is 4.85. The Hall–Kier alpha value is -2.08. The first-order valence-corrected chi connectivity index (χ1v) is 9.58. The molecule has 140 valence electrons. The molecule has 3 atom stereocenters. The summed E-state index contributed by atoms with van der Waals surface area (Å²) in [5, 5.41) is 6.61. The van der Waals surface area contributed by atoms with Crippen molar-refractivity contribution in [3.05, 3.63) is 24.3 Å². The topological polar surface area (TPSA) is 70.7 Å². The van der Waals surface area contributed by atoms with Gasteiger partial charge in [0.25, 0.3) is 0 Å². The Morgan fingerprint density at radius 1 is 1.38 bits per heavy atom. The zero-order valence-corrected chi connectivity index (χ0v) is 15.3. The van der Waals surface area contributed by atoms with Crippen molar-refractivity contribution in [2.75, 3.05) is 31.6 Å². The molecule has 6 heteroatoms. The number of rotatable bonds is 4. The number of benzene rings is 1. The Morgan fingerprint density at radius 3 is 3.12 bits per heavy atom. The van der Waals surface area contributed by atoms with Crippen LogP contribution in [0.3, 0.4) is 0 Å². The van der Waals surface area contributed by atoms with Crippen LogP contribution in [0.2, 0.25) is 0 Å². The number of hydrogen-bond acceptors (Lipinski definition) is 4. The predicted octanol–water partition coefficient (Wildman–Crippen LogP) is 1.70. The van der Waals surface area contributed by atoms with Crippen molar-refractivity contribution in [3.8, 4) is 5.75 Å². The molecule has 3 aliphatic rings. The Kier molecular flexibility index (Phi) is 4.61. The van der Waals surface area contributed by atoms with Crippen LogP contribution in [0.15, 0.2) is 24.3 Å². The van der Waals surface area contributed by atoms with Gasteiger partial charge in [0, 0.05) is 31.3 Å². The molecule has 0 radical (unpaired) electrons. The maximum atomic E-state index is 13.1. The van der Waals surface area contributed by atoms with Gasteiger partial charge in [0.2, 0.25) is 11.8 Å². The van der Waals surface area contributed by atoms with Gasteiger partial charge < -0.3 is 20.3 Å². The van der Waals surface area contributed by atoms with E-state index in [1.807, 2.05) is 24.3 Å². The summed E-state index contributed by atoms with van der Waals surface area (Å²) in [6, 6.07) is 7.38. The third-order valence-electron chi connectivity index (χ3n) is 6.32. The Bertz CT molecular complexity index is 707. The van der Waals surface area contributed by atoms with Crippen LogP contribution in [0, 0.1) is 11.3 Å². The number of methoxy groups -OCH3 is 1. The fourth-order valence-electron chi connectivity index (χ4n) is 4.85. The largest absolute Gasteiger partial charge is 0.497 e. The molecule has 1 aliphatic carbocycles. The normalized spacial score (nSPS) is 31.0. The predicted molar refractivity (Wildman–Crippen MR) is 99.2 cm³/mol. The van der Waals surface area contributed by atoms with Crippen LogP contribution in [0.5, 0.6) is 5.75 Å². The van der Waals surface area contributed by atoms with Gasteiger partial charge in [-0.25, -0.2) is 0 Å². The minimum Gasteiger partial charge on any atom is -0.497 e. The van der Waals surface area contributed by atoms with E-state index in [0.29, 0.717) is 18.9 Å². The van der Waals surface area contributed by atoms with Gasteiger partial charge in [-0.15, -0.1) is 0 Å². The maximum absolute atomic E-state index is 13.1. The van der Waals surface area contributed by atoms with Gasteiger partial charge in [-0.1, -0.05) is 18.9 Å². The Labute approximate surface area is 154 Å². The average molecular weight is 357 g/mol. The van der Waals surface area contributed by atoms with Crippen LogP contribution in [0.4, 0.5) is 5.69 Å². The van der Waals surface area contributed by atoms with E-state index in [1.54, 1.807) is 12.0 Å². The van der Waals surface area contributed by atoms with Crippen molar-refractivity contribution < 1.29 is 14.3 Å². The molecule has 0 spiro atoms. The standard InChI is InChI=1S/C20H27N3O3/c1-26-17-7-4-6-16(10-17)23-12-15(9-18(23)24)22-19(25)20-8-3-2-5-14(20)11-21-13-20/h4,6-7,10,14-15,21H,2-3,5,8-9,11-13H2,1H3,(H,22,25)/t14-,15?,20+/m0/s1. The summed E-state index contributed by atoms with van der Waals surface area (Å²) in [4.78, 5) is 27.3. The van der Waals surface area contributed by atoms with E-state index in [1.165, 1.54) is 6.42 Å². The van der Waals surface area contributed by atoms with Crippen molar-refractivity contribution in [1.29, 1.82) is 0 Å². The molecule has 1 saturated carbocycles. The molecule has 1 aromatic rings. The number of hydrogen-bond donors (Lipinski definition) is 2. The highest BCUT2D eigenvalue weighted by atomic mass is 16.5. The highest BCUT2D eigenvalue weighted by Gasteiger charge is 2.50. The summed E-state index contributed by atoms with van der Waals surface area (Å²) in [5.41, 5.74) is 0.548. The number of carbonyl (C=O) groups is 2. The number of carbonyl (C=O) groups excluding carboxylic acids is 2. The number of anilines is 1. The van der Waals surface area contributed by atoms with Crippen LogP contribution in [0.25, 0.3) is 0 Å². The molecule has 0 bridgehead atoms. The van der Waals surface area contributed by atoms with E-state index in [2.05, 4.69) is 10.6 Å². The maximum Gasteiger partial charge on any atom is 0.229 e. The minimum absolute atomic E-state index is 0.0470. The molecule has 1 unspecified atom stereocenters. The molecule has 1 aromatic carbocycles. The first kappa shape index (κ1) is 17.3. The summed E-state index contributed by atoms with van der Waals surface area (Å²) in [6.07, 6.45) is 4.77. The number of nitrogens with zero attached hydrogens (tertiary/aromatic N) is 1. The molecule has 2 amide bonds. The minimum atomic E-state index is -0.273. The Balaban J connectivity index is 1.45. The van der Waals surface area contributed by atoms with Gasteiger partial charge in [0.15, 0.2) is 0 Å². The number of fused-ring (bicyclic) bond motifs is 1. The van der Waals surface area contributed by atoms with Crippen molar-refractivity contribution in [2.45, 2.75) is 38.1 Å². The monoisotopic (exact) mass is 357 g/mol. The summed E-state index contributed by atoms with van der Waals surface area (Å²) in [7, 11) is 1.61. The molecule has 2 aliphatic heterocycles. The summed E-state index contributed by atoms with van der Waals surface area (Å²) in [6.45, 7) is 2.22. The number of nitrogens with one attached hydrogen (secondary N) is 2. The van der Waals surface area contributed by atoms with E-state index < -0.39 is 0 Å². The van der Waals surface area contributed by atoms with E-state index in [-0.39, 0.29) is 23.3 Å².